The molecule has 0 aliphatic carbocycles. The van der Waals surface area contributed by atoms with Crippen LogP contribution in [0.4, 0.5) is 0 Å². The lowest BCUT2D eigenvalue weighted by atomic mass is 9.81. The van der Waals surface area contributed by atoms with Crippen LogP contribution in [0, 0.1) is 11.8 Å². The Hall–Kier alpha value is -1.10. The summed E-state index contributed by atoms with van der Waals surface area (Å²) in [5.74, 6) is 0.0837. The number of hydrogen-bond donors (Lipinski definition) is 0. The average Bonchev–Trinajstić information content (AvgIpc) is 2.41. The van der Waals surface area contributed by atoms with Gasteiger partial charge in [-0.2, -0.15) is 0 Å². The molecule has 0 amide bonds. The smallest absolute Gasteiger partial charge is 0.334 e. The Bertz CT molecular complexity index is 341. The van der Waals surface area contributed by atoms with E-state index in [0.29, 0.717) is 24.7 Å². The second-order valence-electron chi connectivity index (χ2n) is 5.63. The maximum atomic E-state index is 11.7. The number of methoxy groups -OCH3 is 1. The molecule has 4 unspecified atom stereocenters. The maximum Gasteiger partial charge on any atom is 0.334 e. The molecule has 1 aliphatic heterocycles. The van der Waals surface area contributed by atoms with Crippen LogP contribution < -0.4 is 0 Å². The lowest BCUT2D eigenvalue weighted by Crippen LogP contribution is -2.44. The van der Waals surface area contributed by atoms with Gasteiger partial charge in [-0.05, 0) is 24.7 Å². The quantitative estimate of drug-likeness (QED) is 0.726. The van der Waals surface area contributed by atoms with Crippen LogP contribution in [0.3, 0.4) is 0 Å². The minimum Gasteiger partial charge on any atom is -0.467 e. The Labute approximate surface area is 121 Å². The molecule has 0 aromatic heterocycles. The van der Waals surface area contributed by atoms with E-state index in [4.69, 9.17) is 14.2 Å². The Morgan fingerprint density at radius 2 is 2.00 bits per heavy atom. The predicted octanol–water partition coefficient (Wildman–Crippen LogP) is 2.32. The second kappa shape index (κ2) is 7.62. The summed E-state index contributed by atoms with van der Waals surface area (Å²) in [6, 6.07) is 0. The fourth-order valence-corrected chi connectivity index (χ4v) is 2.65. The summed E-state index contributed by atoms with van der Waals surface area (Å²) in [6.07, 6.45) is 1.27. The summed E-state index contributed by atoms with van der Waals surface area (Å²) in [4.78, 5) is 22.7. The third-order valence-electron chi connectivity index (χ3n) is 4.16. The summed E-state index contributed by atoms with van der Waals surface area (Å²) >= 11 is 0. The van der Waals surface area contributed by atoms with Gasteiger partial charge in [-0.15, -0.1) is 0 Å². The zero-order valence-corrected chi connectivity index (χ0v) is 13.0. The SMILES string of the molecule is CC[C@H](CC1OC(C(=O)OC)CC(C)C1C)OC(C)=O. The molecule has 1 rings (SSSR count). The van der Waals surface area contributed by atoms with Gasteiger partial charge in [0.1, 0.15) is 6.10 Å². The number of rotatable bonds is 5. The van der Waals surface area contributed by atoms with Crippen LogP contribution in [0.1, 0.15) is 47.0 Å². The molecule has 0 aromatic carbocycles. The zero-order chi connectivity index (χ0) is 15.3. The number of carbonyl (C=O) groups excluding carboxylic acids is 2. The summed E-state index contributed by atoms with van der Waals surface area (Å²) in [7, 11) is 1.37. The molecular formula is C15H26O5. The minimum atomic E-state index is -0.508. The number of esters is 2. The second-order valence-corrected chi connectivity index (χ2v) is 5.63. The topological polar surface area (TPSA) is 61.8 Å². The van der Waals surface area contributed by atoms with E-state index in [2.05, 4.69) is 13.8 Å². The molecule has 20 heavy (non-hydrogen) atoms. The van der Waals surface area contributed by atoms with Crippen molar-refractivity contribution in [1.29, 1.82) is 0 Å². The Morgan fingerprint density at radius 3 is 2.50 bits per heavy atom. The van der Waals surface area contributed by atoms with Crippen LogP contribution in [0.15, 0.2) is 0 Å². The van der Waals surface area contributed by atoms with E-state index in [1.54, 1.807) is 0 Å². The molecule has 116 valence electrons. The van der Waals surface area contributed by atoms with Gasteiger partial charge in [0.15, 0.2) is 6.10 Å². The van der Waals surface area contributed by atoms with Gasteiger partial charge in [-0.3, -0.25) is 4.79 Å². The first-order chi connectivity index (χ1) is 9.38. The van der Waals surface area contributed by atoms with E-state index >= 15 is 0 Å². The number of ether oxygens (including phenoxy) is 3. The van der Waals surface area contributed by atoms with Gasteiger partial charge in [0.25, 0.3) is 0 Å². The van der Waals surface area contributed by atoms with Gasteiger partial charge in [0, 0.05) is 13.3 Å². The van der Waals surface area contributed by atoms with Gasteiger partial charge in [-0.1, -0.05) is 20.8 Å². The van der Waals surface area contributed by atoms with E-state index in [1.807, 2.05) is 6.92 Å². The van der Waals surface area contributed by atoms with Crippen molar-refractivity contribution in [2.75, 3.05) is 7.11 Å². The molecule has 0 aromatic rings. The van der Waals surface area contributed by atoms with Crippen LogP contribution in [-0.4, -0.2) is 37.4 Å². The van der Waals surface area contributed by atoms with Crippen molar-refractivity contribution < 1.29 is 23.8 Å². The number of carbonyl (C=O) groups is 2. The first kappa shape index (κ1) is 17.0. The van der Waals surface area contributed by atoms with E-state index in [9.17, 15) is 9.59 Å². The lowest BCUT2D eigenvalue weighted by molar-refractivity contribution is -0.176. The van der Waals surface area contributed by atoms with Gasteiger partial charge in [0.05, 0.1) is 13.2 Å². The lowest BCUT2D eigenvalue weighted by Gasteiger charge is -2.39. The van der Waals surface area contributed by atoms with Gasteiger partial charge in [-0.25, -0.2) is 4.79 Å². The van der Waals surface area contributed by atoms with Crippen molar-refractivity contribution in [1.82, 2.24) is 0 Å². The Morgan fingerprint density at radius 1 is 1.35 bits per heavy atom. The summed E-state index contributed by atoms with van der Waals surface area (Å²) in [5.41, 5.74) is 0. The van der Waals surface area contributed by atoms with Crippen LogP contribution in [0.2, 0.25) is 0 Å². The van der Waals surface area contributed by atoms with Crippen LogP contribution in [-0.2, 0) is 23.8 Å². The highest BCUT2D eigenvalue weighted by molar-refractivity contribution is 5.74. The zero-order valence-electron chi connectivity index (χ0n) is 13.0. The summed E-state index contributed by atoms with van der Waals surface area (Å²) < 4.78 is 15.9. The molecule has 1 saturated heterocycles. The van der Waals surface area contributed by atoms with Crippen molar-refractivity contribution in [2.24, 2.45) is 11.8 Å². The highest BCUT2D eigenvalue weighted by Gasteiger charge is 2.38. The third kappa shape index (κ3) is 4.47. The molecule has 5 nitrogen and oxygen atoms in total. The molecule has 0 saturated carbocycles. The third-order valence-corrected chi connectivity index (χ3v) is 4.16. The Kier molecular flexibility index (Phi) is 6.46. The molecular weight excluding hydrogens is 260 g/mol. The van der Waals surface area contributed by atoms with E-state index in [-0.39, 0.29) is 24.1 Å². The fourth-order valence-electron chi connectivity index (χ4n) is 2.65. The molecule has 5 atom stereocenters. The van der Waals surface area contributed by atoms with Crippen LogP contribution in [0.25, 0.3) is 0 Å². The van der Waals surface area contributed by atoms with Gasteiger partial charge >= 0.3 is 11.9 Å². The van der Waals surface area contributed by atoms with E-state index in [0.717, 1.165) is 6.42 Å². The molecule has 1 fully saturated rings. The van der Waals surface area contributed by atoms with Crippen molar-refractivity contribution in [2.45, 2.75) is 65.3 Å². The maximum absolute atomic E-state index is 11.7. The van der Waals surface area contributed by atoms with Crippen molar-refractivity contribution in [3.8, 4) is 0 Å². The average molecular weight is 286 g/mol. The molecule has 1 heterocycles. The van der Waals surface area contributed by atoms with Crippen molar-refractivity contribution in [3.05, 3.63) is 0 Å². The fraction of sp³-hybridized carbons (Fsp3) is 0.867. The summed E-state index contributed by atoms with van der Waals surface area (Å²) in [6.45, 7) is 7.61. The summed E-state index contributed by atoms with van der Waals surface area (Å²) in [5, 5.41) is 0. The van der Waals surface area contributed by atoms with E-state index < -0.39 is 6.10 Å². The molecule has 0 radical (unpaired) electrons. The highest BCUT2D eigenvalue weighted by Crippen LogP contribution is 2.33. The minimum absolute atomic E-state index is 0.0906. The molecule has 1 aliphatic rings. The molecule has 0 N–H and O–H groups in total. The van der Waals surface area contributed by atoms with Crippen LogP contribution in [0.5, 0.6) is 0 Å². The van der Waals surface area contributed by atoms with Crippen molar-refractivity contribution in [3.63, 3.8) is 0 Å². The molecule has 0 spiro atoms. The number of hydrogen-bond acceptors (Lipinski definition) is 5. The van der Waals surface area contributed by atoms with Gasteiger partial charge in [0.2, 0.25) is 0 Å². The van der Waals surface area contributed by atoms with Crippen LogP contribution >= 0.6 is 0 Å². The van der Waals surface area contributed by atoms with Gasteiger partial charge < -0.3 is 14.2 Å². The molecule has 5 heteroatoms. The first-order valence-corrected chi connectivity index (χ1v) is 7.29. The van der Waals surface area contributed by atoms with Crippen molar-refractivity contribution >= 4 is 11.9 Å². The predicted molar refractivity (Wildman–Crippen MR) is 74.1 cm³/mol. The first-order valence-electron chi connectivity index (χ1n) is 7.29. The van der Waals surface area contributed by atoms with E-state index in [1.165, 1.54) is 14.0 Å². The highest BCUT2D eigenvalue weighted by atomic mass is 16.6. The monoisotopic (exact) mass is 286 g/mol. The molecule has 0 bridgehead atoms. The Balaban J connectivity index is 2.69. The largest absolute Gasteiger partial charge is 0.467 e. The standard InChI is InChI=1S/C15H26O5/c1-6-12(19-11(4)16)8-13-10(3)9(2)7-14(20-13)15(17)18-5/h9-10,12-14H,6-8H2,1-5H3/t9?,10?,12-,13?,14?/m1/s1. The normalized spacial score (nSPS) is 31.4.